The Kier molecular flexibility index (Phi) is 9.60. The summed E-state index contributed by atoms with van der Waals surface area (Å²) >= 11 is 0. The molecule has 0 aliphatic rings. The van der Waals surface area contributed by atoms with E-state index in [2.05, 4.69) is 20.9 Å². The largest absolute Gasteiger partial charge is 0.459 e. The first-order valence-corrected chi connectivity index (χ1v) is 7.69. The van der Waals surface area contributed by atoms with Gasteiger partial charge in [0.05, 0.1) is 6.26 Å². The molecule has 2 rings (SSSR count). The molecule has 1 aromatic carbocycles. The lowest BCUT2D eigenvalue weighted by atomic mass is 10.1. The summed E-state index contributed by atoms with van der Waals surface area (Å²) in [6.07, 6.45) is 2.14. The van der Waals surface area contributed by atoms with Crippen molar-refractivity contribution in [2.75, 3.05) is 26.7 Å². The van der Waals surface area contributed by atoms with Gasteiger partial charge in [-0.15, -0.1) is 24.0 Å². The van der Waals surface area contributed by atoms with Crippen LogP contribution in [-0.4, -0.2) is 38.5 Å². The van der Waals surface area contributed by atoms with Crippen LogP contribution in [-0.2, 0) is 6.42 Å². The maximum atomic E-state index is 13.1. The monoisotopic (exact) mass is 460 g/mol. The van der Waals surface area contributed by atoms with Crippen molar-refractivity contribution in [3.8, 4) is 0 Å². The number of carbonyl (C=O) groups excluding carboxylic acids is 1. The molecule has 0 fully saturated rings. The normalized spacial score (nSPS) is 10.7. The minimum atomic E-state index is -0.254. The number of furan rings is 1. The highest BCUT2D eigenvalue weighted by atomic mass is 127. The second kappa shape index (κ2) is 11.5. The Morgan fingerprint density at radius 1 is 1.12 bits per heavy atom. The maximum absolute atomic E-state index is 13.1. The summed E-state index contributed by atoms with van der Waals surface area (Å²) in [5.41, 5.74) is 0.920. The fourth-order valence-corrected chi connectivity index (χ4v) is 2.09. The number of nitrogens with one attached hydrogen (secondary N) is 3. The highest BCUT2D eigenvalue weighted by Gasteiger charge is 2.06. The molecule has 25 heavy (non-hydrogen) atoms. The summed E-state index contributed by atoms with van der Waals surface area (Å²) in [5.74, 6) is 0.421. The molecule has 0 saturated carbocycles. The SMILES string of the molecule is CN=C(NCCNC(=O)c1ccco1)NCCc1cccc(F)c1.I. The minimum Gasteiger partial charge on any atom is -0.459 e. The number of halogens is 2. The van der Waals surface area contributed by atoms with Gasteiger partial charge in [0.1, 0.15) is 5.82 Å². The van der Waals surface area contributed by atoms with Gasteiger partial charge in [0.25, 0.3) is 5.91 Å². The van der Waals surface area contributed by atoms with E-state index in [1.54, 1.807) is 25.2 Å². The molecule has 0 bridgehead atoms. The topological polar surface area (TPSA) is 78.7 Å². The first-order chi connectivity index (χ1) is 11.7. The first-order valence-electron chi connectivity index (χ1n) is 7.69. The van der Waals surface area contributed by atoms with Gasteiger partial charge < -0.3 is 20.4 Å². The second-order valence-electron chi connectivity index (χ2n) is 5.04. The van der Waals surface area contributed by atoms with Crippen molar-refractivity contribution < 1.29 is 13.6 Å². The number of benzene rings is 1. The Labute approximate surface area is 163 Å². The summed E-state index contributed by atoms with van der Waals surface area (Å²) in [6.45, 7) is 1.58. The number of aliphatic imine (C=N–C) groups is 1. The van der Waals surface area contributed by atoms with Gasteiger partial charge in [0.15, 0.2) is 11.7 Å². The Morgan fingerprint density at radius 3 is 2.56 bits per heavy atom. The molecule has 0 spiro atoms. The van der Waals surface area contributed by atoms with Gasteiger partial charge in [-0.1, -0.05) is 12.1 Å². The van der Waals surface area contributed by atoms with E-state index in [1.165, 1.54) is 18.4 Å². The Bertz CT molecular complexity index is 677. The van der Waals surface area contributed by atoms with Crippen LogP contribution in [0.3, 0.4) is 0 Å². The van der Waals surface area contributed by atoms with E-state index < -0.39 is 0 Å². The molecule has 1 heterocycles. The summed E-state index contributed by atoms with van der Waals surface area (Å²) in [6, 6.07) is 9.79. The van der Waals surface area contributed by atoms with Crippen molar-refractivity contribution in [3.63, 3.8) is 0 Å². The van der Waals surface area contributed by atoms with E-state index in [-0.39, 0.29) is 41.5 Å². The van der Waals surface area contributed by atoms with Crippen LogP contribution in [0.4, 0.5) is 4.39 Å². The highest BCUT2D eigenvalue weighted by Crippen LogP contribution is 2.03. The second-order valence-corrected chi connectivity index (χ2v) is 5.04. The minimum absolute atomic E-state index is 0. The van der Waals surface area contributed by atoms with E-state index in [0.717, 1.165) is 5.56 Å². The predicted molar refractivity (Wildman–Crippen MR) is 106 cm³/mol. The molecule has 0 unspecified atom stereocenters. The molecule has 0 atom stereocenters. The number of hydrogen-bond donors (Lipinski definition) is 3. The molecular formula is C17H22FIN4O2. The quantitative estimate of drug-likeness (QED) is 0.256. The number of nitrogens with zero attached hydrogens (tertiary/aromatic N) is 1. The Hall–Kier alpha value is -2.10. The van der Waals surface area contributed by atoms with E-state index in [4.69, 9.17) is 4.42 Å². The van der Waals surface area contributed by atoms with Crippen LogP contribution in [0.1, 0.15) is 16.1 Å². The van der Waals surface area contributed by atoms with Gasteiger partial charge in [-0.25, -0.2) is 4.39 Å². The Balaban J connectivity index is 0.00000312. The van der Waals surface area contributed by atoms with Crippen LogP contribution in [0.25, 0.3) is 0 Å². The average molecular weight is 460 g/mol. The summed E-state index contributed by atoms with van der Waals surface area (Å²) in [7, 11) is 1.67. The molecule has 0 radical (unpaired) electrons. The lowest BCUT2D eigenvalue weighted by Gasteiger charge is -2.12. The zero-order chi connectivity index (χ0) is 17.2. The third kappa shape index (κ3) is 7.55. The molecule has 0 aliphatic carbocycles. The van der Waals surface area contributed by atoms with Gasteiger partial charge in [-0.3, -0.25) is 9.79 Å². The third-order valence-electron chi connectivity index (χ3n) is 3.27. The van der Waals surface area contributed by atoms with Crippen molar-refractivity contribution in [3.05, 3.63) is 59.8 Å². The Morgan fingerprint density at radius 2 is 1.88 bits per heavy atom. The number of rotatable bonds is 7. The van der Waals surface area contributed by atoms with Crippen LogP contribution >= 0.6 is 24.0 Å². The van der Waals surface area contributed by atoms with Crippen LogP contribution in [0.5, 0.6) is 0 Å². The molecule has 6 nitrogen and oxygen atoms in total. The molecular weight excluding hydrogens is 438 g/mol. The standard InChI is InChI=1S/C17H21FN4O2.HI/c1-19-17(21-8-7-13-4-2-5-14(18)12-13)22-10-9-20-16(23)15-6-3-11-24-15;/h2-6,11-12H,7-10H2,1H3,(H,20,23)(H2,19,21,22);1H. The van der Waals surface area contributed by atoms with Crippen LogP contribution < -0.4 is 16.0 Å². The molecule has 0 saturated heterocycles. The van der Waals surface area contributed by atoms with Crippen molar-refractivity contribution in [2.45, 2.75) is 6.42 Å². The predicted octanol–water partition coefficient (Wildman–Crippen LogP) is 2.17. The van der Waals surface area contributed by atoms with Crippen molar-refractivity contribution in [1.29, 1.82) is 0 Å². The lowest BCUT2D eigenvalue weighted by molar-refractivity contribution is 0.0926. The van der Waals surface area contributed by atoms with Crippen LogP contribution in [0.2, 0.25) is 0 Å². The van der Waals surface area contributed by atoms with Gasteiger partial charge in [0.2, 0.25) is 0 Å². The van der Waals surface area contributed by atoms with E-state index >= 15 is 0 Å². The smallest absolute Gasteiger partial charge is 0.287 e. The number of guanidine groups is 1. The molecule has 2 aromatic rings. The summed E-state index contributed by atoms with van der Waals surface area (Å²) in [5, 5.41) is 8.96. The first kappa shape index (κ1) is 20.9. The van der Waals surface area contributed by atoms with Crippen molar-refractivity contribution in [1.82, 2.24) is 16.0 Å². The molecule has 1 amide bonds. The van der Waals surface area contributed by atoms with Gasteiger partial charge in [-0.05, 0) is 36.2 Å². The van der Waals surface area contributed by atoms with Gasteiger partial charge in [0, 0.05) is 26.7 Å². The summed E-state index contributed by atoms with van der Waals surface area (Å²) in [4.78, 5) is 15.8. The van der Waals surface area contributed by atoms with Gasteiger partial charge in [-0.2, -0.15) is 0 Å². The lowest BCUT2D eigenvalue weighted by Crippen LogP contribution is -2.42. The zero-order valence-corrected chi connectivity index (χ0v) is 16.3. The molecule has 0 aliphatic heterocycles. The van der Waals surface area contributed by atoms with Gasteiger partial charge >= 0.3 is 0 Å². The van der Waals surface area contributed by atoms with E-state index in [1.807, 2.05) is 6.07 Å². The zero-order valence-electron chi connectivity index (χ0n) is 13.9. The van der Waals surface area contributed by atoms with Crippen LogP contribution in [0, 0.1) is 5.82 Å². The molecule has 8 heteroatoms. The fourth-order valence-electron chi connectivity index (χ4n) is 2.09. The fraction of sp³-hybridized carbons (Fsp3) is 0.294. The molecule has 3 N–H and O–H groups in total. The summed E-state index contributed by atoms with van der Waals surface area (Å²) < 4.78 is 18.1. The number of carbonyl (C=O) groups is 1. The number of amides is 1. The van der Waals surface area contributed by atoms with E-state index in [9.17, 15) is 9.18 Å². The van der Waals surface area contributed by atoms with Crippen LogP contribution in [0.15, 0.2) is 52.1 Å². The molecule has 1 aromatic heterocycles. The average Bonchev–Trinajstić information content (AvgIpc) is 3.11. The number of hydrogen-bond acceptors (Lipinski definition) is 3. The molecule has 136 valence electrons. The third-order valence-corrected chi connectivity index (χ3v) is 3.27. The van der Waals surface area contributed by atoms with E-state index in [0.29, 0.717) is 32.0 Å². The van der Waals surface area contributed by atoms with Crippen molar-refractivity contribution >= 4 is 35.8 Å². The van der Waals surface area contributed by atoms with Crippen molar-refractivity contribution in [2.24, 2.45) is 4.99 Å². The maximum Gasteiger partial charge on any atom is 0.287 e. The highest BCUT2D eigenvalue weighted by molar-refractivity contribution is 14.0.